The van der Waals surface area contributed by atoms with E-state index < -0.39 is 0 Å². The summed E-state index contributed by atoms with van der Waals surface area (Å²) in [6.45, 7) is 0. The quantitative estimate of drug-likeness (QED) is 0.606. The third-order valence-corrected chi connectivity index (χ3v) is 1.74. The number of rotatable bonds is 2. The van der Waals surface area contributed by atoms with E-state index in [9.17, 15) is 9.59 Å². The number of amides is 2. The Morgan fingerprint density at radius 3 is 1.71 bits per heavy atom. The Kier molecular flexibility index (Phi) is 2.80. The summed E-state index contributed by atoms with van der Waals surface area (Å²) in [6, 6.07) is 0. The highest BCUT2D eigenvalue weighted by Gasteiger charge is 2.18. The van der Waals surface area contributed by atoms with E-state index in [2.05, 4.69) is 20.8 Å². The van der Waals surface area contributed by atoms with E-state index in [-0.39, 0.29) is 23.5 Å². The first-order valence-corrected chi connectivity index (χ1v) is 3.95. The molecular weight excluding hydrogens is 186 g/mol. The number of nitrogens with one attached hydrogen (secondary N) is 2. The average molecular weight is 197 g/mol. The van der Waals surface area contributed by atoms with Crippen LogP contribution in [0.4, 0.5) is 0 Å². The van der Waals surface area contributed by atoms with Crippen LogP contribution < -0.4 is 10.6 Å². The van der Waals surface area contributed by atoms with Gasteiger partial charge in [-0.3, -0.25) is 9.59 Å². The summed E-state index contributed by atoms with van der Waals surface area (Å²) < 4.78 is 1.33. The molecule has 0 radical (unpaired) electrons. The van der Waals surface area contributed by atoms with E-state index in [1.54, 1.807) is 7.05 Å². The third kappa shape index (κ3) is 1.56. The van der Waals surface area contributed by atoms with Gasteiger partial charge in [0.25, 0.3) is 11.8 Å². The minimum Gasteiger partial charge on any atom is -0.352 e. The van der Waals surface area contributed by atoms with Gasteiger partial charge in [-0.25, -0.2) is 0 Å². The fourth-order valence-corrected chi connectivity index (χ4v) is 0.948. The van der Waals surface area contributed by atoms with E-state index in [4.69, 9.17) is 0 Å². The standard InChI is InChI=1S/C7H11N5O2/c1-8-6(13)4-10-11-5(12(4)3)7(14)9-2/h1-3H3,(H,8,13)(H,9,14). The van der Waals surface area contributed by atoms with Crippen molar-refractivity contribution in [2.45, 2.75) is 0 Å². The van der Waals surface area contributed by atoms with E-state index >= 15 is 0 Å². The minimum absolute atomic E-state index is 0.103. The van der Waals surface area contributed by atoms with Crippen LogP contribution in [0.15, 0.2) is 0 Å². The van der Waals surface area contributed by atoms with Crippen LogP contribution in [0.3, 0.4) is 0 Å². The zero-order valence-corrected chi connectivity index (χ0v) is 8.16. The van der Waals surface area contributed by atoms with Crippen LogP contribution in [-0.4, -0.2) is 40.7 Å². The Morgan fingerprint density at radius 1 is 1.07 bits per heavy atom. The second-order valence-electron chi connectivity index (χ2n) is 2.56. The van der Waals surface area contributed by atoms with Gasteiger partial charge in [0.05, 0.1) is 0 Å². The SMILES string of the molecule is CNC(=O)c1nnc(C(=O)NC)n1C. The summed E-state index contributed by atoms with van der Waals surface area (Å²) in [7, 11) is 4.52. The molecule has 0 unspecified atom stereocenters. The summed E-state index contributed by atoms with van der Waals surface area (Å²) in [5.41, 5.74) is 0. The lowest BCUT2D eigenvalue weighted by Gasteiger charge is -2.00. The molecule has 0 fully saturated rings. The molecule has 0 aliphatic heterocycles. The topological polar surface area (TPSA) is 88.9 Å². The molecule has 0 aromatic carbocycles. The van der Waals surface area contributed by atoms with Crippen molar-refractivity contribution in [2.75, 3.05) is 14.1 Å². The summed E-state index contributed by atoms with van der Waals surface area (Å²) in [5, 5.41) is 12.0. The molecule has 76 valence electrons. The molecule has 2 amide bonds. The summed E-state index contributed by atoms with van der Waals surface area (Å²) in [4.78, 5) is 22.4. The molecule has 14 heavy (non-hydrogen) atoms. The van der Waals surface area contributed by atoms with E-state index in [1.807, 2.05) is 0 Å². The van der Waals surface area contributed by atoms with E-state index in [0.717, 1.165) is 0 Å². The minimum atomic E-state index is -0.379. The predicted molar refractivity (Wildman–Crippen MR) is 47.8 cm³/mol. The summed E-state index contributed by atoms with van der Waals surface area (Å²) >= 11 is 0. The van der Waals surface area contributed by atoms with Gasteiger partial charge in [-0.2, -0.15) is 0 Å². The van der Waals surface area contributed by atoms with Gasteiger partial charge in [-0.15, -0.1) is 10.2 Å². The van der Waals surface area contributed by atoms with Crippen LogP contribution in [-0.2, 0) is 7.05 Å². The maximum atomic E-state index is 11.2. The molecule has 0 atom stereocenters. The average Bonchev–Trinajstić information content (AvgIpc) is 2.58. The fourth-order valence-electron chi connectivity index (χ4n) is 0.948. The second kappa shape index (κ2) is 3.86. The van der Waals surface area contributed by atoms with E-state index in [1.165, 1.54) is 18.7 Å². The van der Waals surface area contributed by atoms with Crippen molar-refractivity contribution >= 4 is 11.8 Å². The first-order chi connectivity index (χ1) is 6.61. The maximum Gasteiger partial charge on any atom is 0.288 e. The molecule has 1 aromatic heterocycles. The van der Waals surface area contributed by atoms with Crippen molar-refractivity contribution in [3.8, 4) is 0 Å². The molecule has 0 saturated heterocycles. The van der Waals surface area contributed by atoms with Gasteiger partial charge in [0.2, 0.25) is 11.6 Å². The Morgan fingerprint density at radius 2 is 1.43 bits per heavy atom. The Hall–Kier alpha value is -1.92. The molecule has 2 N–H and O–H groups in total. The first kappa shape index (κ1) is 10.2. The predicted octanol–water partition coefficient (Wildman–Crippen LogP) is -1.47. The lowest BCUT2D eigenvalue weighted by atomic mass is 10.5. The lowest BCUT2D eigenvalue weighted by Crippen LogP contribution is -2.25. The molecule has 7 heteroatoms. The smallest absolute Gasteiger partial charge is 0.288 e. The molecule has 0 spiro atoms. The Balaban J connectivity index is 3.08. The van der Waals surface area contributed by atoms with Crippen LogP contribution in [0.25, 0.3) is 0 Å². The number of nitrogens with zero attached hydrogens (tertiary/aromatic N) is 3. The molecule has 7 nitrogen and oxygen atoms in total. The highest BCUT2D eigenvalue weighted by atomic mass is 16.2. The largest absolute Gasteiger partial charge is 0.352 e. The highest BCUT2D eigenvalue weighted by Crippen LogP contribution is 1.98. The van der Waals surface area contributed by atoms with Crippen molar-refractivity contribution in [1.82, 2.24) is 25.4 Å². The molecule has 1 rings (SSSR count). The lowest BCUT2D eigenvalue weighted by molar-refractivity contribution is 0.0946. The van der Waals surface area contributed by atoms with Crippen LogP contribution in [0.1, 0.15) is 21.2 Å². The number of carbonyl (C=O) groups excluding carboxylic acids is 2. The van der Waals surface area contributed by atoms with Crippen LogP contribution in [0.5, 0.6) is 0 Å². The van der Waals surface area contributed by atoms with Crippen LogP contribution >= 0.6 is 0 Å². The molecule has 1 heterocycles. The van der Waals surface area contributed by atoms with Gasteiger partial charge in [0.1, 0.15) is 0 Å². The normalized spacial score (nSPS) is 9.64. The molecule has 0 aliphatic rings. The van der Waals surface area contributed by atoms with Crippen LogP contribution in [0.2, 0.25) is 0 Å². The Bertz CT molecular complexity index is 337. The van der Waals surface area contributed by atoms with Crippen molar-refractivity contribution in [1.29, 1.82) is 0 Å². The zero-order chi connectivity index (χ0) is 10.7. The Labute approximate surface area is 80.5 Å². The van der Waals surface area contributed by atoms with Gasteiger partial charge in [0.15, 0.2) is 0 Å². The van der Waals surface area contributed by atoms with Gasteiger partial charge in [-0.05, 0) is 0 Å². The molecule has 0 saturated carbocycles. The molecule has 0 bridgehead atoms. The van der Waals surface area contributed by atoms with Crippen molar-refractivity contribution in [2.24, 2.45) is 7.05 Å². The van der Waals surface area contributed by atoms with Crippen molar-refractivity contribution in [3.63, 3.8) is 0 Å². The van der Waals surface area contributed by atoms with Gasteiger partial charge >= 0.3 is 0 Å². The van der Waals surface area contributed by atoms with Gasteiger partial charge < -0.3 is 15.2 Å². The second-order valence-corrected chi connectivity index (χ2v) is 2.56. The van der Waals surface area contributed by atoms with Crippen molar-refractivity contribution in [3.05, 3.63) is 11.6 Å². The molecule has 1 aromatic rings. The van der Waals surface area contributed by atoms with Crippen LogP contribution in [0, 0.1) is 0 Å². The zero-order valence-electron chi connectivity index (χ0n) is 8.16. The number of hydrogen-bond donors (Lipinski definition) is 2. The van der Waals surface area contributed by atoms with Gasteiger partial charge in [-0.1, -0.05) is 0 Å². The fraction of sp³-hybridized carbons (Fsp3) is 0.429. The summed E-state index contributed by atoms with van der Waals surface area (Å²) in [6.07, 6.45) is 0. The molecular formula is C7H11N5O2. The molecule has 0 aliphatic carbocycles. The number of carbonyl (C=O) groups is 2. The highest BCUT2D eigenvalue weighted by molar-refractivity contribution is 5.94. The number of aromatic nitrogens is 3. The monoisotopic (exact) mass is 197 g/mol. The van der Waals surface area contributed by atoms with E-state index in [0.29, 0.717) is 0 Å². The van der Waals surface area contributed by atoms with Gasteiger partial charge in [0, 0.05) is 21.1 Å². The summed E-state index contributed by atoms with van der Waals surface area (Å²) in [5.74, 6) is -0.553. The number of hydrogen-bond acceptors (Lipinski definition) is 4. The third-order valence-electron chi connectivity index (χ3n) is 1.74. The maximum absolute atomic E-state index is 11.2. The first-order valence-electron chi connectivity index (χ1n) is 3.95. The van der Waals surface area contributed by atoms with Crippen molar-refractivity contribution < 1.29 is 9.59 Å².